The van der Waals surface area contributed by atoms with E-state index in [4.69, 9.17) is 0 Å². The highest BCUT2D eigenvalue weighted by Gasteiger charge is 2.43. The van der Waals surface area contributed by atoms with Crippen LogP contribution in [0, 0.1) is 0 Å². The Hall–Kier alpha value is -1.24. The van der Waals surface area contributed by atoms with E-state index in [0.29, 0.717) is 5.56 Å². The SMILES string of the molecule is O=C(N1CCc2c(O)cccc2C(Br)C1)C(F)(F)F. The second kappa shape index (κ2) is 5.03. The number of benzene rings is 1. The van der Waals surface area contributed by atoms with Crippen molar-refractivity contribution in [3.05, 3.63) is 29.3 Å². The molecule has 0 spiro atoms. The lowest BCUT2D eigenvalue weighted by molar-refractivity contribution is -0.185. The Morgan fingerprint density at radius 1 is 1.42 bits per heavy atom. The molecule has 0 radical (unpaired) electrons. The molecule has 1 aliphatic rings. The third kappa shape index (κ3) is 2.86. The molecule has 19 heavy (non-hydrogen) atoms. The van der Waals surface area contributed by atoms with Crippen LogP contribution in [-0.4, -0.2) is 35.2 Å². The molecular formula is C12H11BrF3NO2. The van der Waals surface area contributed by atoms with Gasteiger partial charge in [0.05, 0.1) is 4.83 Å². The number of nitrogens with zero attached hydrogens (tertiary/aromatic N) is 1. The number of phenols is 1. The molecule has 0 bridgehead atoms. The van der Waals surface area contributed by atoms with Crippen LogP contribution in [0.15, 0.2) is 18.2 Å². The van der Waals surface area contributed by atoms with Gasteiger partial charge in [0.1, 0.15) is 5.75 Å². The van der Waals surface area contributed by atoms with Crippen LogP contribution in [-0.2, 0) is 11.2 Å². The first-order chi connectivity index (χ1) is 8.80. The molecule has 1 atom stereocenters. The maximum atomic E-state index is 12.4. The standard InChI is InChI=1S/C12H11BrF3NO2/c13-9-6-17(11(19)12(14,15)16)5-4-8-7(9)2-1-3-10(8)18/h1-3,9,18H,4-6H2. The number of hydrogen-bond donors (Lipinski definition) is 1. The molecule has 1 N–H and O–H groups in total. The molecule has 0 fully saturated rings. The van der Waals surface area contributed by atoms with Crippen LogP contribution in [0.25, 0.3) is 0 Å². The fraction of sp³-hybridized carbons (Fsp3) is 0.417. The van der Waals surface area contributed by atoms with Gasteiger partial charge in [-0.3, -0.25) is 4.79 Å². The van der Waals surface area contributed by atoms with Crippen LogP contribution in [0.1, 0.15) is 16.0 Å². The molecule has 3 nitrogen and oxygen atoms in total. The Morgan fingerprint density at radius 2 is 2.11 bits per heavy atom. The molecule has 1 amide bonds. The van der Waals surface area contributed by atoms with Crippen molar-refractivity contribution >= 4 is 21.8 Å². The van der Waals surface area contributed by atoms with Crippen molar-refractivity contribution in [2.75, 3.05) is 13.1 Å². The summed E-state index contributed by atoms with van der Waals surface area (Å²) in [5.41, 5.74) is 1.30. The van der Waals surface area contributed by atoms with Crippen molar-refractivity contribution in [1.29, 1.82) is 0 Å². The molecule has 7 heteroatoms. The maximum Gasteiger partial charge on any atom is 0.471 e. The largest absolute Gasteiger partial charge is 0.508 e. The summed E-state index contributed by atoms with van der Waals surface area (Å²) in [5, 5.41) is 9.74. The molecular weight excluding hydrogens is 327 g/mol. The van der Waals surface area contributed by atoms with Gasteiger partial charge in [0.15, 0.2) is 0 Å². The van der Waals surface area contributed by atoms with E-state index in [1.165, 1.54) is 6.07 Å². The molecule has 1 aromatic carbocycles. The summed E-state index contributed by atoms with van der Waals surface area (Å²) >= 11 is 3.27. The summed E-state index contributed by atoms with van der Waals surface area (Å²) in [6, 6.07) is 4.85. The van der Waals surface area contributed by atoms with E-state index in [9.17, 15) is 23.1 Å². The van der Waals surface area contributed by atoms with Crippen LogP contribution in [0.5, 0.6) is 5.75 Å². The lowest BCUT2D eigenvalue weighted by Gasteiger charge is -2.23. The minimum atomic E-state index is -4.87. The van der Waals surface area contributed by atoms with Gasteiger partial charge < -0.3 is 10.0 Å². The van der Waals surface area contributed by atoms with E-state index in [2.05, 4.69) is 15.9 Å². The number of rotatable bonds is 0. The first-order valence-electron chi connectivity index (χ1n) is 5.61. The van der Waals surface area contributed by atoms with Crippen LogP contribution >= 0.6 is 15.9 Å². The van der Waals surface area contributed by atoms with E-state index in [-0.39, 0.29) is 25.3 Å². The number of halogens is 4. The third-order valence-electron chi connectivity index (χ3n) is 3.07. The van der Waals surface area contributed by atoms with E-state index in [1.54, 1.807) is 12.1 Å². The predicted molar refractivity (Wildman–Crippen MR) is 66.1 cm³/mol. The number of carbonyl (C=O) groups is 1. The fourth-order valence-corrected chi connectivity index (χ4v) is 2.93. The van der Waals surface area contributed by atoms with Crippen molar-refractivity contribution in [1.82, 2.24) is 4.90 Å². The molecule has 0 aromatic heterocycles. The number of hydrogen-bond acceptors (Lipinski definition) is 2. The highest BCUT2D eigenvalue weighted by Crippen LogP contribution is 2.35. The van der Waals surface area contributed by atoms with Gasteiger partial charge in [0.2, 0.25) is 0 Å². The van der Waals surface area contributed by atoms with Gasteiger partial charge in [0.25, 0.3) is 0 Å². The summed E-state index contributed by atoms with van der Waals surface area (Å²) in [6.45, 7) is -0.139. The van der Waals surface area contributed by atoms with Crippen LogP contribution in [0.3, 0.4) is 0 Å². The summed E-state index contributed by atoms with van der Waals surface area (Å²) in [6.07, 6.45) is -4.67. The second-order valence-corrected chi connectivity index (χ2v) is 5.42. The van der Waals surface area contributed by atoms with Crippen molar-refractivity contribution in [2.45, 2.75) is 17.4 Å². The lowest BCUT2D eigenvalue weighted by Crippen LogP contribution is -2.42. The number of aromatic hydroxyl groups is 1. The fourth-order valence-electron chi connectivity index (χ4n) is 2.15. The normalized spacial score (nSPS) is 19.8. The Labute approximate surface area is 116 Å². The van der Waals surface area contributed by atoms with Gasteiger partial charge in [-0.05, 0) is 18.1 Å². The molecule has 104 valence electrons. The van der Waals surface area contributed by atoms with Crippen molar-refractivity contribution < 1.29 is 23.1 Å². The number of phenolic OH excluding ortho intramolecular Hbond substituents is 1. The second-order valence-electron chi connectivity index (χ2n) is 4.31. The van der Waals surface area contributed by atoms with Gasteiger partial charge in [-0.25, -0.2) is 0 Å². The monoisotopic (exact) mass is 337 g/mol. The van der Waals surface area contributed by atoms with Crippen LogP contribution in [0.4, 0.5) is 13.2 Å². The van der Waals surface area contributed by atoms with E-state index < -0.39 is 16.9 Å². The molecule has 1 aromatic rings. The maximum absolute atomic E-state index is 12.4. The van der Waals surface area contributed by atoms with Gasteiger partial charge in [-0.2, -0.15) is 13.2 Å². The third-order valence-corrected chi connectivity index (χ3v) is 3.85. The molecule has 0 aliphatic carbocycles. The number of carbonyl (C=O) groups excluding carboxylic acids is 1. The average Bonchev–Trinajstić information content (AvgIpc) is 2.48. The number of alkyl halides is 4. The summed E-state index contributed by atoms with van der Waals surface area (Å²) in [5.74, 6) is -1.80. The van der Waals surface area contributed by atoms with Gasteiger partial charge >= 0.3 is 12.1 Å². The van der Waals surface area contributed by atoms with Crippen LogP contribution in [0.2, 0.25) is 0 Å². The van der Waals surface area contributed by atoms with Gasteiger partial charge in [-0.15, -0.1) is 0 Å². The molecule has 1 heterocycles. The Morgan fingerprint density at radius 3 is 2.74 bits per heavy atom. The van der Waals surface area contributed by atoms with E-state index in [1.807, 2.05) is 0 Å². The zero-order valence-electron chi connectivity index (χ0n) is 9.75. The Kier molecular flexibility index (Phi) is 3.75. The Bertz CT molecular complexity index is 504. The smallest absolute Gasteiger partial charge is 0.471 e. The van der Waals surface area contributed by atoms with Crippen molar-refractivity contribution in [3.63, 3.8) is 0 Å². The highest BCUT2D eigenvalue weighted by atomic mass is 79.9. The molecule has 0 saturated carbocycles. The summed E-state index contributed by atoms with van der Waals surface area (Å²) < 4.78 is 37.3. The molecule has 1 unspecified atom stereocenters. The van der Waals surface area contributed by atoms with E-state index >= 15 is 0 Å². The zero-order valence-corrected chi connectivity index (χ0v) is 11.3. The predicted octanol–water partition coefficient (Wildman–Crippen LogP) is 2.78. The van der Waals surface area contributed by atoms with E-state index in [0.717, 1.165) is 10.5 Å². The molecule has 1 aliphatic heterocycles. The number of fused-ring (bicyclic) bond motifs is 1. The summed E-state index contributed by atoms with van der Waals surface area (Å²) in [7, 11) is 0. The quantitative estimate of drug-likeness (QED) is 0.739. The highest BCUT2D eigenvalue weighted by molar-refractivity contribution is 9.09. The topological polar surface area (TPSA) is 40.5 Å². The van der Waals surface area contributed by atoms with Gasteiger partial charge in [0, 0.05) is 18.7 Å². The van der Waals surface area contributed by atoms with Crippen molar-refractivity contribution in [3.8, 4) is 5.75 Å². The average molecular weight is 338 g/mol. The molecule has 0 saturated heterocycles. The first-order valence-corrected chi connectivity index (χ1v) is 6.53. The summed E-state index contributed by atoms with van der Waals surface area (Å²) in [4.78, 5) is 11.6. The Balaban J connectivity index is 2.28. The lowest BCUT2D eigenvalue weighted by atomic mass is 10.0. The minimum absolute atomic E-state index is 0.0447. The van der Waals surface area contributed by atoms with Crippen LogP contribution < -0.4 is 0 Å². The number of amides is 1. The first kappa shape index (κ1) is 14.2. The van der Waals surface area contributed by atoms with Gasteiger partial charge in [-0.1, -0.05) is 28.1 Å². The zero-order chi connectivity index (χ0) is 14.2. The van der Waals surface area contributed by atoms with Crippen molar-refractivity contribution in [2.24, 2.45) is 0 Å². The minimum Gasteiger partial charge on any atom is -0.508 e. The molecule has 2 rings (SSSR count).